The molecule has 0 radical (unpaired) electrons. The van der Waals surface area contributed by atoms with Crippen LogP contribution in [0.1, 0.15) is 35.2 Å². The van der Waals surface area contributed by atoms with Crippen molar-refractivity contribution in [1.29, 1.82) is 0 Å². The van der Waals surface area contributed by atoms with Crippen molar-refractivity contribution in [2.45, 2.75) is 19.3 Å². The molecule has 5 nitrogen and oxygen atoms in total. The summed E-state index contributed by atoms with van der Waals surface area (Å²) < 4.78 is 16.3. The first-order valence-electron chi connectivity index (χ1n) is 9.05. The third-order valence-electron chi connectivity index (χ3n) is 4.29. The number of ether oxygens (including phenoxy) is 3. The van der Waals surface area contributed by atoms with Crippen molar-refractivity contribution in [2.24, 2.45) is 4.99 Å². The third kappa shape index (κ3) is 5.18. The van der Waals surface area contributed by atoms with Gasteiger partial charge in [-0.1, -0.05) is 23.2 Å². The second-order valence-corrected chi connectivity index (χ2v) is 7.08. The highest BCUT2D eigenvalue weighted by Crippen LogP contribution is 2.35. The fraction of sp³-hybridized carbons (Fsp3) is 0.333. The minimum atomic E-state index is 0.0976. The largest absolute Gasteiger partial charge is 0.497 e. The second kappa shape index (κ2) is 9.80. The van der Waals surface area contributed by atoms with E-state index in [0.29, 0.717) is 66.3 Å². The molecule has 0 aromatic heterocycles. The van der Waals surface area contributed by atoms with E-state index in [4.69, 9.17) is 37.4 Å². The lowest BCUT2D eigenvalue weighted by atomic mass is 10.1. The number of unbranched alkanes of at least 4 members (excludes halogenated alkanes) is 1. The van der Waals surface area contributed by atoms with Gasteiger partial charge in [-0.2, -0.15) is 0 Å². The molecule has 2 aromatic carbocycles. The van der Waals surface area contributed by atoms with Crippen molar-refractivity contribution in [3.63, 3.8) is 0 Å². The third-order valence-corrected chi connectivity index (χ3v) is 4.85. The average molecular weight is 422 g/mol. The molecule has 1 aliphatic heterocycles. The van der Waals surface area contributed by atoms with Crippen molar-refractivity contribution in [3.8, 4) is 11.5 Å². The molecule has 0 saturated heterocycles. The highest BCUT2D eigenvalue weighted by atomic mass is 35.5. The maximum absolute atomic E-state index is 12.2. The van der Waals surface area contributed by atoms with Gasteiger partial charge in [0.25, 0.3) is 0 Å². The first-order valence-corrected chi connectivity index (χ1v) is 9.81. The van der Waals surface area contributed by atoms with Crippen molar-refractivity contribution >= 4 is 34.9 Å². The summed E-state index contributed by atoms with van der Waals surface area (Å²) in [6.45, 7) is 1.63. The number of hydrogen-bond donors (Lipinski definition) is 0. The van der Waals surface area contributed by atoms with E-state index in [1.54, 1.807) is 43.5 Å². The van der Waals surface area contributed by atoms with E-state index in [9.17, 15) is 4.79 Å². The van der Waals surface area contributed by atoms with Crippen LogP contribution in [0, 0.1) is 0 Å². The van der Waals surface area contributed by atoms with Crippen molar-refractivity contribution in [2.75, 3.05) is 26.9 Å². The van der Waals surface area contributed by atoms with Crippen LogP contribution < -0.4 is 9.47 Å². The Morgan fingerprint density at radius 1 is 1.14 bits per heavy atom. The Morgan fingerprint density at radius 3 is 2.46 bits per heavy atom. The Hall–Kier alpha value is -2.24. The van der Waals surface area contributed by atoms with Crippen LogP contribution in [0.5, 0.6) is 11.5 Å². The minimum absolute atomic E-state index is 0.0976. The summed E-state index contributed by atoms with van der Waals surface area (Å²) in [5.41, 5.74) is 1.42. The van der Waals surface area contributed by atoms with Crippen LogP contribution in [-0.2, 0) is 4.74 Å². The summed E-state index contributed by atoms with van der Waals surface area (Å²) in [4.78, 5) is 16.5. The lowest BCUT2D eigenvalue weighted by Gasteiger charge is -2.12. The fourth-order valence-electron chi connectivity index (χ4n) is 2.81. The van der Waals surface area contributed by atoms with Crippen LogP contribution in [0.2, 0.25) is 10.0 Å². The van der Waals surface area contributed by atoms with E-state index in [1.807, 2.05) is 0 Å². The van der Waals surface area contributed by atoms with Crippen molar-refractivity contribution in [1.82, 2.24) is 0 Å². The number of ketones is 1. The van der Waals surface area contributed by atoms with Crippen LogP contribution in [0.15, 0.2) is 41.4 Å². The molecule has 28 heavy (non-hydrogen) atoms. The molecule has 0 unspecified atom stereocenters. The zero-order valence-electron chi connectivity index (χ0n) is 15.5. The number of methoxy groups -OCH3 is 1. The van der Waals surface area contributed by atoms with E-state index in [0.717, 1.165) is 11.3 Å². The molecule has 0 saturated carbocycles. The maximum atomic E-state index is 12.2. The molecule has 148 valence electrons. The standard InChI is InChI=1S/C21H21Cl2NO4/c1-26-16-7-5-14(6-8-16)19(25)4-2-3-10-27-20-17(22)12-15(13-18(20)23)21-24-9-11-28-21/h5-8,12-13H,2-4,9-11H2,1H3. The number of aliphatic imine (C=N–C) groups is 1. The predicted molar refractivity (Wildman–Crippen MR) is 110 cm³/mol. The van der Waals surface area contributed by atoms with Crippen molar-refractivity contribution < 1.29 is 19.0 Å². The molecule has 2 aromatic rings. The van der Waals surface area contributed by atoms with Gasteiger partial charge in [-0.15, -0.1) is 0 Å². The molecule has 3 rings (SSSR count). The number of rotatable bonds is 9. The highest BCUT2D eigenvalue weighted by Gasteiger charge is 2.16. The Bertz CT molecular complexity index is 842. The quantitative estimate of drug-likeness (QED) is 0.411. The van der Waals surface area contributed by atoms with Gasteiger partial charge in [0.1, 0.15) is 12.4 Å². The molecule has 0 N–H and O–H groups in total. The Morgan fingerprint density at radius 2 is 1.86 bits per heavy atom. The lowest BCUT2D eigenvalue weighted by molar-refractivity contribution is 0.0978. The second-order valence-electron chi connectivity index (χ2n) is 6.26. The zero-order chi connectivity index (χ0) is 19.9. The first-order chi connectivity index (χ1) is 13.6. The molecule has 0 amide bonds. The van der Waals surface area contributed by atoms with Gasteiger partial charge in [-0.3, -0.25) is 4.79 Å². The van der Waals surface area contributed by atoms with Gasteiger partial charge in [0, 0.05) is 17.5 Å². The monoisotopic (exact) mass is 421 g/mol. The molecule has 0 atom stereocenters. The Labute approximate surface area is 174 Å². The Balaban J connectivity index is 1.46. The number of carbonyl (C=O) groups is 1. The van der Waals surface area contributed by atoms with E-state index in [1.165, 1.54) is 0 Å². The van der Waals surface area contributed by atoms with Gasteiger partial charge in [0.05, 0.1) is 30.3 Å². The molecule has 0 fully saturated rings. The summed E-state index contributed by atoms with van der Waals surface area (Å²) in [5.74, 6) is 1.82. The van der Waals surface area contributed by atoms with Gasteiger partial charge in [0.15, 0.2) is 11.5 Å². The van der Waals surface area contributed by atoms with Gasteiger partial charge in [0.2, 0.25) is 5.90 Å². The fourth-order valence-corrected chi connectivity index (χ4v) is 3.41. The summed E-state index contributed by atoms with van der Waals surface area (Å²) in [6.07, 6.45) is 1.88. The molecular weight excluding hydrogens is 401 g/mol. The SMILES string of the molecule is COc1ccc(C(=O)CCCCOc2c(Cl)cc(C3=NCCO3)cc2Cl)cc1. The molecule has 0 bridgehead atoms. The molecule has 0 spiro atoms. The van der Waals surface area contributed by atoms with E-state index < -0.39 is 0 Å². The summed E-state index contributed by atoms with van der Waals surface area (Å²) in [6, 6.07) is 10.6. The van der Waals surface area contributed by atoms with Crippen LogP contribution >= 0.6 is 23.2 Å². The van der Waals surface area contributed by atoms with Crippen LogP contribution in [0.25, 0.3) is 0 Å². The molecular formula is C21H21Cl2NO4. The number of nitrogens with zero attached hydrogens (tertiary/aromatic N) is 1. The highest BCUT2D eigenvalue weighted by molar-refractivity contribution is 6.37. The molecule has 1 heterocycles. The topological polar surface area (TPSA) is 57.1 Å². The van der Waals surface area contributed by atoms with E-state index in [2.05, 4.69) is 4.99 Å². The van der Waals surface area contributed by atoms with Crippen LogP contribution in [0.3, 0.4) is 0 Å². The van der Waals surface area contributed by atoms with Crippen LogP contribution in [-0.4, -0.2) is 38.5 Å². The first kappa shape index (κ1) is 20.5. The summed E-state index contributed by atoms with van der Waals surface area (Å²) in [7, 11) is 1.60. The normalized spacial score (nSPS) is 13.0. The zero-order valence-corrected chi connectivity index (χ0v) is 17.1. The lowest BCUT2D eigenvalue weighted by Crippen LogP contribution is -2.04. The van der Waals surface area contributed by atoms with Gasteiger partial charge in [-0.25, -0.2) is 4.99 Å². The number of carbonyl (C=O) groups excluding carboxylic acids is 1. The van der Waals surface area contributed by atoms with Crippen LogP contribution in [0.4, 0.5) is 0 Å². The minimum Gasteiger partial charge on any atom is -0.497 e. The molecule has 1 aliphatic rings. The number of hydrogen-bond acceptors (Lipinski definition) is 5. The maximum Gasteiger partial charge on any atom is 0.216 e. The summed E-state index contributed by atoms with van der Waals surface area (Å²) >= 11 is 12.6. The van der Waals surface area contributed by atoms with Gasteiger partial charge >= 0.3 is 0 Å². The number of benzene rings is 2. The molecule has 7 heteroatoms. The number of Topliss-reactive ketones (excluding diaryl/α,β-unsaturated/α-hetero) is 1. The summed E-state index contributed by atoms with van der Waals surface area (Å²) in [5, 5.41) is 0.824. The van der Waals surface area contributed by atoms with E-state index >= 15 is 0 Å². The predicted octanol–water partition coefficient (Wildman–Crippen LogP) is 5.21. The van der Waals surface area contributed by atoms with E-state index in [-0.39, 0.29) is 5.78 Å². The van der Waals surface area contributed by atoms with Gasteiger partial charge < -0.3 is 14.2 Å². The molecule has 0 aliphatic carbocycles. The number of halogens is 2. The average Bonchev–Trinajstić information content (AvgIpc) is 3.24. The van der Waals surface area contributed by atoms with Gasteiger partial charge in [-0.05, 0) is 49.2 Å². The van der Waals surface area contributed by atoms with Crippen molar-refractivity contribution in [3.05, 3.63) is 57.6 Å². The smallest absolute Gasteiger partial charge is 0.216 e. The Kier molecular flexibility index (Phi) is 7.18.